The molecule has 1 aromatic heterocycles. The molecule has 1 aliphatic rings. The summed E-state index contributed by atoms with van der Waals surface area (Å²) in [6, 6.07) is 11.6. The monoisotopic (exact) mass is 596 g/mol. The van der Waals surface area contributed by atoms with E-state index in [0.717, 1.165) is 4.47 Å². The first-order valence-corrected chi connectivity index (χ1v) is 13.4. The quantitative estimate of drug-likeness (QED) is 0.221. The minimum atomic E-state index is -0.753. The Kier molecular flexibility index (Phi) is 8.43. The Hall–Kier alpha value is -3.76. The van der Waals surface area contributed by atoms with E-state index in [9.17, 15) is 14.4 Å². The van der Waals surface area contributed by atoms with Crippen molar-refractivity contribution in [1.29, 1.82) is 0 Å². The molecule has 0 N–H and O–H groups in total. The molecule has 0 aliphatic carbocycles. The predicted octanol–water partition coefficient (Wildman–Crippen LogP) is 4.05. The average Bonchev–Trinajstić information content (AvgIpc) is 3.18. The van der Waals surface area contributed by atoms with Crippen LogP contribution in [0.1, 0.15) is 37.9 Å². The van der Waals surface area contributed by atoms with Gasteiger partial charge < -0.3 is 14.2 Å². The maximum absolute atomic E-state index is 13.8. The summed E-state index contributed by atoms with van der Waals surface area (Å²) in [5, 5.41) is 0. The fraction of sp³-hybridized carbons (Fsp3) is 0.214. The number of aromatic nitrogens is 1. The van der Waals surface area contributed by atoms with Gasteiger partial charge in [-0.05, 0) is 55.8 Å². The van der Waals surface area contributed by atoms with Crippen LogP contribution in [-0.2, 0) is 14.3 Å². The third kappa shape index (κ3) is 5.71. The average molecular weight is 597 g/mol. The molecule has 2 aromatic carbocycles. The van der Waals surface area contributed by atoms with Gasteiger partial charge in [0.25, 0.3) is 5.56 Å². The van der Waals surface area contributed by atoms with Crippen LogP contribution in [0.3, 0.4) is 0 Å². The Balaban J connectivity index is 1.91. The first kappa shape index (κ1) is 27.3. The van der Waals surface area contributed by atoms with E-state index in [-0.39, 0.29) is 17.7 Å². The first-order chi connectivity index (χ1) is 18.2. The normalized spacial score (nSPS) is 14.9. The zero-order valence-corrected chi connectivity index (χ0v) is 23.4. The molecule has 0 amide bonds. The Morgan fingerprint density at radius 3 is 2.61 bits per heavy atom. The number of fused-ring (bicyclic) bond motifs is 1. The summed E-state index contributed by atoms with van der Waals surface area (Å²) >= 11 is 4.61. The summed E-state index contributed by atoms with van der Waals surface area (Å²) in [7, 11) is 0. The van der Waals surface area contributed by atoms with E-state index < -0.39 is 18.0 Å². The second kappa shape index (κ2) is 11.7. The molecule has 38 heavy (non-hydrogen) atoms. The van der Waals surface area contributed by atoms with Gasteiger partial charge in [-0.2, -0.15) is 0 Å². The molecular formula is C28H25BrN2O6S. The number of allylic oxidation sites excluding steroid dienone is 1. The number of carbonyl (C=O) groups is 2. The second-order valence-corrected chi connectivity index (χ2v) is 10.2. The van der Waals surface area contributed by atoms with Crippen LogP contribution in [0, 0.1) is 0 Å². The lowest BCUT2D eigenvalue weighted by molar-refractivity contribution is -0.139. The van der Waals surface area contributed by atoms with Crippen LogP contribution < -0.4 is 24.4 Å². The number of thiazole rings is 1. The van der Waals surface area contributed by atoms with Gasteiger partial charge in [0.2, 0.25) is 0 Å². The molecule has 1 atom stereocenters. The summed E-state index contributed by atoms with van der Waals surface area (Å²) in [5.41, 5.74) is 1.66. The lowest BCUT2D eigenvalue weighted by Gasteiger charge is -2.24. The van der Waals surface area contributed by atoms with Crippen molar-refractivity contribution in [2.45, 2.75) is 26.8 Å². The van der Waals surface area contributed by atoms with Crippen LogP contribution in [0.5, 0.6) is 11.5 Å². The van der Waals surface area contributed by atoms with Gasteiger partial charge >= 0.3 is 11.9 Å². The lowest BCUT2D eigenvalue weighted by Crippen LogP contribution is -2.39. The molecule has 4 rings (SSSR count). The van der Waals surface area contributed by atoms with Crippen LogP contribution >= 0.6 is 27.3 Å². The number of halogens is 1. The van der Waals surface area contributed by atoms with Crippen LogP contribution in [0.15, 0.2) is 80.6 Å². The highest BCUT2D eigenvalue weighted by Crippen LogP contribution is 2.32. The van der Waals surface area contributed by atoms with Gasteiger partial charge in [0.1, 0.15) is 18.1 Å². The number of rotatable bonds is 8. The summed E-state index contributed by atoms with van der Waals surface area (Å²) in [5.74, 6) is -0.0588. The van der Waals surface area contributed by atoms with Crippen LogP contribution in [0.2, 0.25) is 0 Å². The highest BCUT2D eigenvalue weighted by Gasteiger charge is 2.33. The standard InChI is InChI=1S/C28H25BrN2O6S/c1-5-13-36-21-10-7-18(8-11-21)25-24(27(34)35-6-2)16(3)30-28-31(25)26(33)23(38-28)15-19-14-20(29)9-12-22(19)37-17(4)32/h5,7-12,14-15,25H,1,6,13H2,2-4H3/t25-/m1/s1. The Morgan fingerprint density at radius 1 is 1.21 bits per heavy atom. The van der Waals surface area contributed by atoms with E-state index in [1.807, 2.05) is 12.1 Å². The molecule has 3 aromatic rings. The molecule has 196 valence electrons. The number of nitrogens with zero attached hydrogens (tertiary/aromatic N) is 2. The van der Waals surface area contributed by atoms with Gasteiger partial charge in [0.15, 0.2) is 4.80 Å². The zero-order chi connectivity index (χ0) is 27.4. The molecule has 0 fully saturated rings. The third-order valence-corrected chi connectivity index (χ3v) is 7.07. The molecule has 0 saturated carbocycles. The fourth-order valence-corrected chi connectivity index (χ4v) is 5.45. The molecule has 0 bridgehead atoms. The summed E-state index contributed by atoms with van der Waals surface area (Å²) in [6.45, 7) is 8.96. The van der Waals surface area contributed by atoms with E-state index in [0.29, 0.717) is 44.3 Å². The van der Waals surface area contributed by atoms with Crippen molar-refractivity contribution in [3.8, 4) is 11.5 Å². The molecule has 0 saturated heterocycles. The number of ether oxygens (including phenoxy) is 3. The molecule has 1 aliphatic heterocycles. The van der Waals surface area contributed by atoms with Gasteiger partial charge in [-0.25, -0.2) is 9.79 Å². The predicted molar refractivity (Wildman–Crippen MR) is 148 cm³/mol. The molecule has 10 heteroatoms. The molecule has 0 radical (unpaired) electrons. The minimum Gasteiger partial charge on any atom is -0.490 e. The molecular weight excluding hydrogens is 572 g/mol. The fourth-order valence-electron chi connectivity index (χ4n) is 4.03. The van der Waals surface area contributed by atoms with Gasteiger partial charge in [-0.15, -0.1) is 0 Å². The van der Waals surface area contributed by atoms with Crippen LogP contribution in [0.4, 0.5) is 0 Å². The van der Waals surface area contributed by atoms with Crippen molar-refractivity contribution in [3.05, 3.63) is 102 Å². The topological polar surface area (TPSA) is 96.2 Å². The Morgan fingerprint density at radius 2 is 1.95 bits per heavy atom. The van der Waals surface area contributed by atoms with Gasteiger partial charge in [-0.3, -0.25) is 14.2 Å². The first-order valence-electron chi connectivity index (χ1n) is 11.7. The van der Waals surface area contributed by atoms with E-state index in [4.69, 9.17) is 14.2 Å². The highest BCUT2D eigenvalue weighted by atomic mass is 79.9. The zero-order valence-electron chi connectivity index (χ0n) is 21.0. The second-order valence-electron chi connectivity index (χ2n) is 8.25. The van der Waals surface area contributed by atoms with E-state index in [1.54, 1.807) is 56.3 Å². The minimum absolute atomic E-state index is 0.183. The van der Waals surface area contributed by atoms with Gasteiger partial charge in [0, 0.05) is 17.0 Å². The van der Waals surface area contributed by atoms with Crippen LogP contribution in [0.25, 0.3) is 6.08 Å². The van der Waals surface area contributed by atoms with Crippen molar-refractivity contribution in [2.75, 3.05) is 13.2 Å². The van der Waals surface area contributed by atoms with Crippen molar-refractivity contribution < 1.29 is 23.8 Å². The lowest BCUT2D eigenvalue weighted by atomic mass is 9.96. The summed E-state index contributed by atoms with van der Waals surface area (Å²) < 4.78 is 18.9. The van der Waals surface area contributed by atoms with E-state index >= 15 is 0 Å². The van der Waals surface area contributed by atoms with Gasteiger partial charge in [0.05, 0.1) is 28.5 Å². The summed E-state index contributed by atoms with van der Waals surface area (Å²) in [4.78, 5) is 43.5. The van der Waals surface area contributed by atoms with Crippen molar-refractivity contribution in [3.63, 3.8) is 0 Å². The maximum Gasteiger partial charge on any atom is 0.338 e. The van der Waals surface area contributed by atoms with E-state index in [2.05, 4.69) is 27.5 Å². The number of hydrogen-bond acceptors (Lipinski definition) is 8. The Bertz CT molecular complexity index is 1620. The van der Waals surface area contributed by atoms with Crippen molar-refractivity contribution in [1.82, 2.24) is 4.57 Å². The SMILES string of the molecule is C=CCOc1ccc([C@@H]2C(C(=O)OCC)=C(C)N=c3sc(=Cc4cc(Br)ccc4OC(C)=O)c(=O)n32)cc1. The number of benzene rings is 2. The van der Waals surface area contributed by atoms with Crippen LogP contribution in [-0.4, -0.2) is 29.7 Å². The Labute approximate surface area is 231 Å². The van der Waals surface area contributed by atoms with E-state index in [1.165, 1.54) is 22.8 Å². The highest BCUT2D eigenvalue weighted by molar-refractivity contribution is 9.10. The maximum atomic E-state index is 13.8. The number of hydrogen-bond donors (Lipinski definition) is 0. The van der Waals surface area contributed by atoms with Crippen molar-refractivity contribution in [2.24, 2.45) is 4.99 Å². The molecule has 8 nitrogen and oxygen atoms in total. The molecule has 2 heterocycles. The largest absolute Gasteiger partial charge is 0.490 e. The number of esters is 2. The molecule has 0 unspecified atom stereocenters. The summed E-state index contributed by atoms with van der Waals surface area (Å²) in [6.07, 6.45) is 3.30. The number of carbonyl (C=O) groups excluding carboxylic acids is 2. The third-order valence-electron chi connectivity index (χ3n) is 5.59. The van der Waals surface area contributed by atoms with Gasteiger partial charge in [-0.1, -0.05) is 52.1 Å². The molecule has 0 spiro atoms. The van der Waals surface area contributed by atoms with Crippen molar-refractivity contribution >= 4 is 45.3 Å². The smallest absolute Gasteiger partial charge is 0.338 e.